The van der Waals surface area contributed by atoms with E-state index in [4.69, 9.17) is 9.84 Å². The van der Waals surface area contributed by atoms with E-state index in [1.165, 1.54) is 19.2 Å². The predicted octanol–water partition coefficient (Wildman–Crippen LogP) is 2.85. The van der Waals surface area contributed by atoms with Crippen LogP contribution in [-0.4, -0.2) is 52.8 Å². The fraction of sp³-hybridized carbons (Fsp3) is 0.292. The molecule has 1 fully saturated rings. The van der Waals surface area contributed by atoms with Gasteiger partial charge in [-0.1, -0.05) is 24.3 Å². The fourth-order valence-corrected chi connectivity index (χ4v) is 3.94. The van der Waals surface area contributed by atoms with Gasteiger partial charge in [0.1, 0.15) is 11.9 Å². The molecule has 1 atom stereocenters. The van der Waals surface area contributed by atoms with Crippen molar-refractivity contribution in [3.63, 3.8) is 0 Å². The number of nitrogens with zero attached hydrogens (tertiary/aromatic N) is 3. The highest BCUT2D eigenvalue weighted by molar-refractivity contribution is 5.87. The third-order valence-electron chi connectivity index (χ3n) is 5.56. The molecule has 0 aliphatic carbocycles. The molecule has 8 heteroatoms. The lowest BCUT2D eigenvalue weighted by Gasteiger charge is -2.34. The number of rotatable bonds is 6. The molecule has 2 aromatic carbocycles. The van der Waals surface area contributed by atoms with Crippen LogP contribution >= 0.6 is 0 Å². The maximum atomic E-state index is 14.0. The first-order valence-corrected chi connectivity index (χ1v) is 10.4. The van der Waals surface area contributed by atoms with Crippen molar-refractivity contribution < 1.29 is 18.7 Å². The number of nitrogens with one attached hydrogen (secondary N) is 1. The lowest BCUT2D eigenvalue weighted by Crippen LogP contribution is -2.55. The van der Waals surface area contributed by atoms with Crippen molar-refractivity contribution >= 4 is 11.9 Å². The summed E-state index contributed by atoms with van der Waals surface area (Å²) in [5.41, 5.74) is 4.10. The summed E-state index contributed by atoms with van der Waals surface area (Å²) in [5.74, 6) is -1.00. The quantitative estimate of drug-likeness (QED) is 0.602. The van der Waals surface area contributed by atoms with Crippen molar-refractivity contribution in [2.24, 2.45) is 0 Å². The molecule has 0 radical (unpaired) electrons. The SMILES string of the molecule is COC(=O)CC1C(=O)NCCN1Cc1cn(-c2cccc(C)c2)nc1-c1cccc(F)c1. The number of hydrogen-bond acceptors (Lipinski definition) is 5. The second-order valence-electron chi connectivity index (χ2n) is 7.85. The molecule has 0 saturated carbocycles. The standard InChI is InChI=1S/C24H25FN4O3/c1-16-5-3-8-20(11-16)29-15-18(23(27-29)17-6-4-7-19(25)12-17)14-28-10-9-26-24(31)21(28)13-22(30)32-2/h3-8,11-12,15,21H,9-10,13-14H2,1-2H3,(H,26,31). The molecule has 0 bridgehead atoms. The monoisotopic (exact) mass is 436 g/mol. The molecular weight excluding hydrogens is 411 g/mol. The van der Waals surface area contributed by atoms with Gasteiger partial charge in [-0.3, -0.25) is 14.5 Å². The molecule has 166 valence electrons. The maximum absolute atomic E-state index is 14.0. The van der Waals surface area contributed by atoms with Gasteiger partial charge >= 0.3 is 5.97 Å². The van der Waals surface area contributed by atoms with Crippen LogP contribution in [-0.2, 0) is 20.9 Å². The molecule has 1 amide bonds. The van der Waals surface area contributed by atoms with Gasteiger partial charge in [0.25, 0.3) is 0 Å². The first kappa shape index (κ1) is 21.7. The number of aromatic nitrogens is 2. The van der Waals surface area contributed by atoms with Crippen LogP contribution in [0.5, 0.6) is 0 Å². The van der Waals surface area contributed by atoms with Gasteiger partial charge in [-0.05, 0) is 36.8 Å². The van der Waals surface area contributed by atoms with E-state index in [1.807, 2.05) is 48.4 Å². The molecule has 1 N–H and O–H groups in total. The summed E-state index contributed by atoms with van der Waals surface area (Å²) in [6.45, 7) is 3.45. The number of halogens is 1. The van der Waals surface area contributed by atoms with Gasteiger partial charge < -0.3 is 10.1 Å². The Morgan fingerprint density at radius 1 is 1.25 bits per heavy atom. The van der Waals surface area contributed by atoms with Crippen LogP contribution in [0, 0.1) is 12.7 Å². The van der Waals surface area contributed by atoms with Gasteiger partial charge in [0.15, 0.2) is 0 Å². The van der Waals surface area contributed by atoms with Gasteiger partial charge in [-0.15, -0.1) is 0 Å². The largest absolute Gasteiger partial charge is 0.469 e. The van der Waals surface area contributed by atoms with Gasteiger partial charge in [0.05, 0.1) is 24.9 Å². The molecule has 2 heterocycles. The van der Waals surface area contributed by atoms with E-state index in [0.29, 0.717) is 30.9 Å². The molecule has 7 nitrogen and oxygen atoms in total. The fourth-order valence-electron chi connectivity index (χ4n) is 3.94. The first-order valence-electron chi connectivity index (χ1n) is 10.4. The lowest BCUT2D eigenvalue weighted by atomic mass is 10.0. The highest BCUT2D eigenvalue weighted by Crippen LogP contribution is 2.27. The van der Waals surface area contributed by atoms with Crippen LogP contribution in [0.2, 0.25) is 0 Å². The van der Waals surface area contributed by atoms with Crippen molar-refractivity contribution in [1.29, 1.82) is 0 Å². The Morgan fingerprint density at radius 3 is 2.81 bits per heavy atom. The van der Waals surface area contributed by atoms with E-state index in [1.54, 1.807) is 10.7 Å². The van der Waals surface area contributed by atoms with Crippen molar-refractivity contribution in [2.75, 3.05) is 20.2 Å². The van der Waals surface area contributed by atoms with Crippen molar-refractivity contribution in [2.45, 2.75) is 25.9 Å². The zero-order chi connectivity index (χ0) is 22.7. The zero-order valence-electron chi connectivity index (χ0n) is 18.0. The Morgan fingerprint density at radius 2 is 2.06 bits per heavy atom. The van der Waals surface area contributed by atoms with E-state index in [9.17, 15) is 14.0 Å². The highest BCUT2D eigenvalue weighted by atomic mass is 19.1. The van der Waals surface area contributed by atoms with Crippen molar-refractivity contribution in [3.05, 3.63) is 71.7 Å². The Labute approximate surface area is 185 Å². The minimum atomic E-state index is -0.640. The second-order valence-corrected chi connectivity index (χ2v) is 7.85. The van der Waals surface area contributed by atoms with E-state index >= 15 is 0 Å². The number of aryl methyl sites for hydroxylation is 1. The molecule has 1 aliphatic heterocycles. The van der Waals surface area contributed by atoms with Crippen LogP contribution in [0.1, 0.15) is 17.5 Å². The van der Waals surface area contributed by atoms with Crippen LogP contribution in [0.3, 0.4) is 0 Å². The predicted molar refractivity (Wildman–Crippen MR) is 118 cm³/mol. The molecule has 1 saturated heterocycles. The van der Waals surface area contributed by atoms with Gasteiger partial charge in [0, 0.05) is 37.0 Å². The number of ether oxygens (including phenoxy) is 1. The highest BCUT2D eigenvalue weighted by Gasteiger charge is 2.33. The van der Waals surface area contributed by atoms with E-state index in [0.717, 1.165) is 16.8 Å². The summed E-state index contributed by atoms with van der Waals surface area (Å²) in [5, 5.41) is 7.56. The van der Waals surface area contributed by atoms with E-state index in [-0.39, 0.29) is 18.1 Å². The Kier molecular flexibility index (Phi) is 6.32. The minimum absolute atomic E-state index is 0.0380. The molecule has 4 rings (SSSR count). The van der Waals surface area contributed by atoms with Crippen LogP contribution in [0.25, 0.3) is 16.9 Å². The summed E-state index contributed by atoms with van der Waals surface area (Å²) in [6, 6.07) is 13.6. The summed E-state index contributed by atoms with van der Waals surface area (Å²) >= 11 is 0. The van der Waals surface area contributed by atoms with E-state index in [2.05, 4.69) is 5.32 Å². The summed E-state index contributed by atoms with van der Waals surface area (Å²) in [4.78, 5) is 26.3. The molecule has 1 aromatic heterocycles. The van der Waals surface area contributed by atoms with Crippen molar-refractivity contribution in [3.8, 4) is 16.9 Å². The van der Waals surface area contributed by atoms with Crippen LogP contribution < -0.4 is 5.32 Å². The number of esters is 1. The summed E-state index contributed by atoms with van der Waals surface area (Å²) < 4.78 is 20.5. The number of hydrogen-bond donors (Lipinski definition) is 1. The number of carbonyl (C=O) groups is 2. The minimum Gasteiger partial charge on any atom is -0.469 e. The third kappa shape index (κ3) is 4.70. The smallest absolute Gasteiger partial charge is 0.307 e. The second kappa shape index (κ2) is 9.32. The summed E-state index contributed by atoms with van der Waals surface area (Å²) in [7, 11) is 1.31. The maximum Gasteiger partial charge on any atom is 0.307 e. The number of carbonyl (C=O) groups excluding carboxylic acids is 2. The Hall–Kier alpha value is -3.52. The molecular formula is C24H25FN4O3. The van der Waals surface area contributed by atoms with Crippen LogP contribution in [0.4, 0.5) is 4.39 Å². The Bertz CT molecular complexity index is 1140. The molecule has 3 aromatic rings. The average Bonchev–Trinajstić information content (AvgIpc) is 3.20. The number of methoxy groups -OCH3 is 1. The van der Waals surface area contributed by atoms with Gasteiger partial charge in [0.2, 0.25) is 5.91 Å². The molecule has 1 unspecified atom stereocenters. The Balaban J connectivity index is 1.73. The molecule has 0 spiro atoms. The van der Waals surface area contributed by atoms with E-state index < -0.39 is 12.0 Å². The topological polar surface area (TPSA) is 76.5 Å². The lowest BCUT2D eigenvalue weighted by molar-refractivity contribution is -0.146. The number of benzene rings is 2. The average molecular weight is 436 g/mol. The number of piperazine rings is 1. The number of amides is 1. The van der Waals surface area contributed by atoms with Gasteiger partial charge in [-0.25, -0.2) is 9.07 Å². The van der Waals surface area contributed by atoms with Gasteiger partial charge in [-0.2, -0.15) is 5.10 Å². The normalized spacial score (nSPS) is 16.6. The van der Waals surface area contributed by atoms with Crippen molar-refractivity contribution in [1.82, 2.24) is 20.0 Å². The summed E-state index contributed by atoms with van der Waals surface area (Å²) in [6.07, 6.45) is 1.86. The molecule has 32 heavy (non-hydrogen) atoms. The first-order chi connectivity index (χ1) is 15.4. The third-order valence-corrected chi connectivity index (χ3v) is 5.56. The zero-order valence-corrected chi connectivity index (χ0v) is 18.0. The van der Waals surface area contributed by atoms with Crippen LogP contribution in [0.15, 0.2) is 54.7 Å². The molecule has 1 aliphatic rings.